The quantitative estimate of drug-likeness (QED) is 0.604. The van der Waals surface area contributed by atoms with Gasteiger partial charge in [0, 0.05) is 17.0 Å². The van der Waals surface area contributed by atoms with E-state index in [1.165, 1.54) is 16.7 Å². The van der Waals surface area contributed by atoms with E-state index in [0.717, 1.165) is 5.39 Å². The van der Waals surface area contributed by atoms with Crippen molar-refractivity contribution < 1.29 is 19.8 Å². The van der Waals surface area contributed by atoms with Crippen molar-refractivity contribution in [3.8, 4) is 11.6 Å². The number of aromatic hydroxyl groups is 2. The summed E-state index contributed by atoms with van der Waals surface area (Å²) in [6.45, 7) is 1.67. The van der Waals surface area contributed by atoms with Crippen molar-refractivity contribution >= 4 is 22.7 Å². The maximum atomic E-state index is 11.8. The van der Waals surface area contributed by atoms with Crippen LogP contribution in [0.25, 0.3) is 10.8 Å². The smallest absolute Gasteiger partial charge is 0.322 e. The van der Waals surface area contributed by atoms with Crippen molar-refractivity contribution in [1.29, 1.82) is 0 Å². The number of urea groups is 1. The van der Waals surface area contributed by atoms with Crippen LogP contribution in [-0.2, 0) is 11.3 Å². The van der Waals surface area contributed by atoms with E-state index < -0.39 is 17.5 Å². The van der Waals surface area contributed by atoms with Crippen molar-refractivity contribution in [2.45, 2.75) is 19.0 Å². The Labute approximate surface area is 113 Å². The highest BCUT2D eigenvalue weighted by atomic mass is 16.3. The molecule has 0 bridgehead atoms. The number of carbonyl (C=O) groups is 2. The van der Waals surface area contributed by atoms with Gasteiger partial charge in [0.25, 0.3) is 5.91 Å². The molecule has 1 unspecified atom stereocenters. The van der Waals surface area contributed by atoms with Gasteiger partial charge in [-0.2, -0.15) is 0 Å². The molecule has 1 saturated heterocycles. The van der Waals surface area contributed by atoms with Gasteiger partial charge in [0.2, 0.25) is 0 Å². The summed E-state index contributed by atoms with van der Waals surface area (Å²) in [5, 5.41) is 25.5. The number of nitrogens with one attached hydrogen (secondary N) is 2. The fourth-order valence-electron chi connectivity index (χ4n) is 2.39. The van der Waals surface area contributed by atoms with Crippen LogP contribution in [0.2, 0.25) is 0 Å². The van der Waals surface area contributed by atoms with E-state index in [1.807, 2.05) is 0 Å². The third-order valence-corrected chi connectivity index (χ3v) is 3.45. The van der Waals surface area contributed by atoms with E-state index in [9.17, 15) is 19.8 Å². The minimum Gasteiger partial charge on any atom is -0.508 e. The molecular weight excluding hydrogens is 262 g/mol. The first kappa shape index (κ1) is 12.3. The van der Waals surface area contributed by atoms with E-state index in [4.69, 9.17) is 0 Å². The highest BCUT2D eigenvalue weighted by Gasteiger charge is 2.42. The molecular formula is C13H13N3O4. The van der Waals surface area contributed by atoms with Crippen molar-refractivity contribution in [3.63, 3.8) is 0 Å². The number of carbonyl (C=O) groups excluding carboxylic acids is 2. The molecule has 4 N–H and O–H groups in total. The van der Waals surface area contributed by atoms with Crippen LogP contribution in [-0.4, -0.2) is 32.3 Å². The molecule has 0 spiro atoms. The van der Waals surface area contributed by atoms with Gasteiger partial charge in [-0.15, -0.1) is 0 Å². The molecule has 2 aromatic rings. The zero-order valence-corrected chi connectivity index (χ0v) is 10.7. The molecule has 1 atom stereocenters. The summed E-state index contributed by atoms with van der Waals surface area (Å²) in [5.41, 5.74) is -1.12. The number of rotatable bonds is 2. The van der Waals surface area contributed by atoms with Gasteiger partial charge in [-0.25, -0.2) is 4.79 Å². The molecule has 20 heavy (non-hydrogen) atoms. The lowest BCUT2D eigenvalue weighted by atomic mass is 10.0. The number of phenols is 1. The monoisotopic (exact) mass is 275 g/mol. The first-order valence-corrected chi connectivity index (χ1v) is 6.03. The predicted octanol–water partition coefficient (Wildman–Crippen LogP) is 0.651. The molecule has 0 aliphatic carbocycles. The van der Waals surface area contributed by atoms with Crippen LogP contribution >= 0.6 is 0 Å². The lowest BCUT2D eigenvalue weighted by Crippen LogP contribution is -2.47. The minimum atomic E-state index is -1.12. The molecule has 1 aliphatic heterocycles. The Bertz CT molecular complexity index is 737. The predicted molar refractivity (Wildman–Crippen MR) is 70.3 cm³/mol. The molecule has 0 saturated carbocycles. The third-order valence-electron chi connectivity index (χ3n) is 3.45. The summed E-state index contributed by atoms with van der Waals surface area (Å²) in [5.74, 6) is -0.461. The van der Waals surface area contributed by atoms with Crippen LogP contribution in [0.1, 0.15) is 6.92 Å². The Morgan fingerprint density at radius 1 is 1.30 bits per heavy atom. The van der Waals surface area contributed by atoms with E-state index in [1.54, 1.807) is 19.2 Å². The summed E-state index contributed by atoms with van der Waals surface area (Å²) >= 11 is 0. The van der Waals surface area contributed by atoms with Crippen molar-refractivity contribution in [1.82, 2.24) is 15.2 Å². The van der Waals surface area contributed by atoms with E-state index in [0.29, 0.717) is 5.39 Å². The summed E-state index contributed by atoms with van der Waals surface area (Å²) in [4.78, 5) is 23.0. The van der Waals surface area contributed by atoms with Gasteiger partial charge in [0.05, 0.1) is 6.54 Å². The van der Waals surface area contributed by atoms with Gasteiger partial charge in [-0.1, -0.05) is 0 Å². The van der Waals surface area contributed by atoms with Crippen LogP contribution in [0.15, 0.2) is 24.4 Å². The molecule has 1 aliphatic rings. The standard InChI is InChI=1S/C13H13N3O4/c1-13(11(19)14-12(20)15-13)6-16-5-7-2-3-8(17)4-9(7)10(16)18/h2-5,17-18H,6H2,1H3,(H2,14,15,19,20). The summed E-state index contributed by atoms with van der Waals surface area (Å²) in [6.07, 6.45) is 1.66. The van der Waals surface area contributed by atoms with Crippen LogP contribution in [0, 0.1) is 0 Å². The maximum absolute atomic E-state index is 11.8. The highest BCUT2D eigenvalue weighted by molar-refractivity contribution is 6.06. The second kappa shape index (κ2) is 3.89. The molecule has 1 aromatic heterocycles. The number of hydrogen-bond donors (Lipinski definition) is 4. The number of imide groups is 1. The van der Waals surface area contributed by atoms with E-state index in [2.05, 4.69) is 10.6 Å². The normalized spacial score (nSPS) is 22.1. The van der Waals surface area contributed by atoms with Crippen LogP contribution in [0.3, 0.4) is 0 Å². The van der Waals surface area contributed by atoms with Crippen LogP contribution in [0.5, 0.6) is 11.6 Å². The molecule has 0 radical (unpaired) electrons. The van der Waals surface area contributed by atoms with Crippen molar-refractivity contribution in [3.05, 3.63) is 24.4 Å². The van der Waals surface area contributed by atoms with Gasteiger partial charge in [0.15, 0.2) is 5.88 Å². The number of aromatic nitrogens is 1. The third kappa shape index (κ3) is 1.75. The second-order valence-electron chi connectivity index (χ2n) is 5.09. The first-order chi connectivity index (χ1) is 9.39. The largest absolute Gasteiger partial charge is 0.508 e. The number of hydrogen-bond acceptors (Lipinski definition) is 4. The summed E-state index contributed by atoms with van der Waals surface area (Å²) in [6, 6.07) is 4.07. The maximum Gasteiger partial charge on any atom is 0.322 e. The van der Waals surface area contributed by atoms with Crippen LogP contribution in [0.4, 0.5) is 4.79 Å². The summed E-state index contributed by atoms with van der Waals surface area (Å²) < 4.78 is 1.47. The zero-order valence-electron chi connectivity index (χ0n) is 10.7. The Morgan fingerprint density at radius 2 is 2.05 bits per heavy atom. The molecule has 1 fully saturated rings. The number of phenolic OH excluding ortho intramolecular Hbond substituents is 1. The number of nitrogens with zero attached hydrogens (tertiary/aromatic N) is 1. The molecule has 1 aromatic carbocycles. The van der Waals surface area contributed by atoms with Crippen LogP contribution < -0.4 is 10.6 Å². The average molecular weight is 275 g/mol. The lowest BCUT2D eigenvalue weighted by Gasteiger charge is -2.21. The highest BCUT2D eigenvalue weighted by Crippen LogP contribution is 2.31. The van der Waals surface area contributed by atoms with E-state index >= 15 is 0 Å². The molecule has 2 heterocycles. The lowest BCUT2D eigenvalue weighted by molar-refractivity contribution is -0.123. The van der Waals surface area contributed by atoms with E-state index in [-0.39, 0.29) is 18.2 Å². The molecule has 104 valence electrons. The van der Waals surface area contributed by atoms with Gasteiger partial charge < -0.3 is 20.1 Å². The number of fused-ring (bicyclic) bond motifs is 1. The average Bonchev–Trinajstić information content (AvgIpc) is 2.79. The van der Waals surface area contributed by atoms with Gasteiger partial charge in [0.1, 0.15) is 11.3 Å². The van der Waals surface area contributed by atoms with Crippen molar-refractivity contribution in [2.24, 2.45) is 0 Å². The minimum absolute atomic E-state index is 0.0451. The fraction of sp³-hybridized carbons (Fsp3) is 0.231. The molecule has 3 amide bonds. The Balaban J connectivity index is 2.01. The van der Waals surface area contributed by atoms with Gasteiger partial charge in [-0.3, -0.25) is 10.1 Å². The van der Waals surface area contributed by atoms with Crippen molar-refractivity contribution in [2.75, 3.05) is 0 Å². The molecule has 7 heteroatoms. The Morgan fingerprint density at radius 3 is 2.70 bits per heavy atom. The topological polar surface area (TPSA) is 104 Å². The Kier molecular flexibility index (Phi) is 2.40. The summed E-state index contributed by atoms with van der Waals surface area (Å²) in [7, 11) is 0. The molecule has 7 nitrogen and oxygen atoms in total. The van der Waals surface area contributed by atoms with Gasteiger partial charge >= 0.3 is 6.03 Å². The number of benzene rings is 1. The number of amides is 3. The SMILES string of the molecule is CC1(Cn2cc3ccc(O)cc3c2O)NC(=O)NC1=O. The van der Waals surface area contributed by atoms with Gasteiger partial charge in [-0.05, 0) is 25.1 Å². The first-order valence-electron chi connectivity index (χ1n) is 6.03. The second-order valence-corrected chi connectivity index (χ2v) is 5.09. The Hall–Kier alpha value is -2.70. The fourth-order valence-corrected chi connectivity index (χ4v) is 2.39. The zero-order chi connectivity index (χ0) is 14.5. The molecule has 3 rings (SSSR count).